The van der Waals surface area contributed by atoms with Crippen LogP contribution in [0, 0.1) is 5.82 Å². The number of amides is 2. The predicted octanol–water partition coefficient (Wildman–Crippen LogP) is 1.16. The third kappa shape index (κ3) is 4.92. The molecule has 0 aliphatic carbocycles. The molecule has 2 aromatic rings. The topological polar surface area (TPSA) is 88.9 Å². The summed E-state index contributed by atoms with van der Waals surface area (Å²) < 4.78 is 14.5. The van der Waals surface area contributed by atoms with Crippen LogP contribution in [0.1, 0.15) is 10.4 Å². The van der Waals surface area contributed by atoms with Gasteiger partial charge in [0.2, 0.25) is 5.91 Å². The molecule has 2 amide bonds. The zero-order valence-electron chi connectivity index (χ0n) is 12.0. The van der Waals surface area contributed by atoms with Crippen LogP contribution in [-0.4, -0.2) is 32.3 Å². The standard InChI is InChI=1S/C14H14FN5O2S/c1-2-7-20-9-16-19-14(20)23-8-12(21)17-18-13(22)10-3-5-11(15)6-4-10/h2-6,9H,1,7-8H2,(H,17,21)(H,18,22). The van der Waals surface area contributed by atoms with Crippen LogP contribution in [0.15, 0.2) is 48.4 Å². The first-order valence-corrected chi connectivity index (χ1v) is 7.55. The SMILES string of the molecule is C=CCn1cnnc1SCC(=O)NNC(=O)c1ccc(F)cc1. The van der Waals surface area contributed by atoms with Gasteiger partial charge in [0.1, 0.15) is 12.1 Å². The Labute approximate surface area is 135 Å². The number of benzene rings is 1. The van der Waals surface area contributed by atoms with Crippen LogP contribution in [-0.2, 0) is 11.3 Å². The Kier molecular flexibility index (Phi) is 5.87. The van der Waals surface area contributed by atoms with E-state index in [4.69, 9.17) is 0 Å². The number of hydrazine groups is 1. The number of carbonyl (C=O) groups excluding carboxylic acids is 2. The molecule has 23 heavy (non-hydrogen) atoms. The summed E-state index contributed by atoms with van der Waals surface area (Å²) in [6, 6.07) is 4.98. The second-order valence-corrected chi connectivity index (χ2v) is 5.29. The molecular weight excluding hydrogens is 321 g/mol. The van der Waals surface area contributed by atoms with Gasteiger partial charge >= 0.3 is 0 Å². The maximum atomic E-state index is 12.8. The van der Waals surface area contributed by atoms with E-state index in [9.17, 15) is 14.0 Å². The Balaban J connectivity index is 1.78. The van der Waals surface area contributed by atoms with E-state index in [1.165, 1.54) is 42.4 Å². The maximum Gasteiger partial charge on any atom is 0.269 e. The lowest BCUT2D eigenvalue weighted by molar-refractivity contribution is -0.119. The van der Waals surface area contributed by atoms with Crippen molar-refractivity contribution >= 4 is 23.6 Å². The highest BCUT2D eigenvalue weighted by Crippen LogP contribution is 2.13. The maximum absolute atomic E-state index is 12.8. The fourth-order valence-corrected chi connectivity index (χ4v) is 2.31. The Morgan fingerprint density at radius 1 is 1.30 bits per heavy atom. The molecule has 0 atom stereocenters. The highest BCUT2D eigenvalue weighted by atomic mass is 32.2. The largest absolute Gasteiger partial charge is 0.305 e. The van der Waals surface area contributed by atoms with Gasteiger partial charge in [-0.2, -0.15) is 0 Å². The van der Waals surface area contributed by atoms with Gasteiger partial charge in [-0.15, -0.1) is 16.8 Å². The van der Waals surface area contributed by atoms with Crippen LogP contribution in [0.2, 0.25) is 0 Å². The number of nitrogens with one attached hydrogen (secondary N) is 2. The van der Waals surface area contributed by atoms with E-state index in [0.717, 1.165) is 0 Å². The van der Waals surface area contributed by atoms with Crippen molar-refractivity contribution in [2.45, 2.75) is 11.7 Å². The number of allylic oxidation sites excluding steroid dienone is 1. The van der Waals surface area contributed by atoms with Crippen LogP contribution >= 0.6 is 11.8 Å². The first kappa shape index (κ1) is 16.7. The van der Waals surface area contributed by atoms with Crippen molar-refractivity contribution in [2.75, 3.05) is 5.75 Å². The van der Waals surface area contributed by atoms with Crippen molar-refractivity contribution in [2.24, 2.45) is 0 Å². The van der Waals surface area contributed by atoms with Crippen LogP contribution < -0.4 is 10.9 Å². The molecule has 1 aromatic carbocycles. The third-order valence-electron chi connectivity index (χ3n) is 2.66. The highest BCUT2D eigenvalue weighted by molar-refractivity contribution is 7.99. The number of hydrogen-bond donors (Lipinski definition) is 2. The van der Waals surface area contributed by atoms with E-state index >= 15 is 0 Å². The molecule has 0 aliphatic heterocycles. The van der Waals surface area contributed by atoms with Gasteiger partial charge < -0.3 is 4.57 Å². The molecule has 0 bridgehead atoms. The molecule has 1 heterocycles. The van der Waals surface area contributed by atoms with Gasteiger partial charge in [-0.05, 0) is 24.3 Å². The summed E-state index contributed by atoms with van der Waals surface area (Å²) in [6.07, 6.45) is 3.23. The molecule has 120 valence electrons. The lowest BCUT2D eigenvalue weighted by atomic mass is 10.2. The number of carbonyl (C=O) groups is 2. The summed E-state index contributed by atoms with van der Waals surface area (Å²) in [5.41, 5.74) is 4.77. The second kappa shape index (κ2) is 8.08. The van der Waals surface area contributed by atoms with E-state index < -0.39 is 17.6 Å². The van der Waals surface area contributed by atoms with Crippen LogP contribution in [0.4, 0.5) is 4.39 Å². The van der Waals surface area contributed by atoms with E-state index in [-0.39, 0.29) is 11.3 Å². The molecular formula is C14H14FN5O2S. The first-order valence-electron chi connectivity index (χ1n) is 6.56. The van der Waals surface area contributed by atoms with E-state index in [2.05, 4.69) is 27.6 Å². The number of thioether (sulfide) groups is 1. The van der Waals surface area contributed by atoms with Crippen molar-refractivity contribution < 1.29 is 14.0 Å². The van der Waals surface area contributed by atoms with Gasteiger partial charge in [-0.1, -0.05) is 17.8 Å². The predicted molar refractivity (Wildman–Crippen MR) is 83.0 cm³/mol. The summed E-state index contributed by atoms with van der Waals surface area (Å²) in [5.74, 6) is -1.32. The fourth-order valence-electron chi connectivity index (χ4n) is 1.59. The molecule has 9 heteroatoms. The Morgan fingerprint density at radius 3 is 2.74 bits per heavy atom. The molecule has 0 spiro atoms. The average molecular weight is 335 g/mol. The van der Waals surface area contributed by atoms with E-state index in [1.807, 2.05) is 0 Å². The molecule has 0 unspecified atom stereocenters. The minimum Gasteiger partial charge on any atom is -0.305 e. The molecule has 2 rings (SSSR count). The normalized spacial score (nSPS) is 10.1. The minimum absolute atomic E-state index is 0.0551. The lowest BCUT2D eigenvalue weighted by Gasteiger charge is -2.07. The highest BCUT2D eigenvalue weighted by Gasteiger charge is 2.10. The lowest BCUT2D eigenvalue weighted by Crippen LogP contribution is -2.42. The Bertz CT molecular complexity index is 701. The van der Waals surface area contributed by atoms with Crippen LogP contribution in [0.25, 0.3) is 0 Å². The zero-order chi connectivity index (χ0) is 16.7. The minimum atomic E-state index is -0.529. The summed E-state index contributed by atoms with van der Waals surface area (Å²) in [6.45, 7) is 4.16. The van der Waals surface area contributed by atoms with E-state index in [1.54, 1.807) is 10.6 Å². The molecule has 2 N–H and O–H groups in total. The molecule has 0 saturated heterocycles. The summed E-state index contributed by atoms with van der Waals surface area (Å²) >= 11 is 1.18. The summed E-state index contributed by atoms with van der Waals surface area (Å²) in [5, 5.41) is 8.21. The summed E-state index contributed by atoms with van der Waals surface area (Å²) in [7, 11) is 0. The van der Waals surface area contributed by atoms with Gasteiger partial charge in [-0.25, -0.2) is 4.39 Å². The average Bonchev–Trinajstić information content (AvgIpc) is 2.99. The molecule has 0 fully saturated rings. The second-order valence-electron chi connectivity index (χ2n) is 4.35. The van der Waals surface area contributed by atoms with Gasteiger partial charge in [0.15, 0.2) is 5.16 Å². The smallest absolute Gasteiger partial charge is 0.269 e. The quantitative estimate of drug-likeness (QED) is 0.470. The monoisotopic (exact) mass is 335 g/mol. The van der Waals surface area contributed by atoms with Gasteiger partial charge in [0.05, 0.1) is 5.75 Å². The number of aromatic nitrogens is 3. The number of nitrogens with zero attached hydrogens (tertiary/aromatic N) is 3. The van der Waals surface area contributed by atoms with Crippen LogP contribution in [0.3, 0.4) is 0 Å². The molecule has 0 radical (unpaired) electrons. The van der Waals surface area contributed by atoms with Gasteiger partial charge in [0.25, 0.3) is 5.91 Å². The third-order valence-corrected chi connectivity index (χ3v) is 3.64. The van der Waals surface area contributed by atoms with Crippen molar-refractivity contribution in [3.63, 3.8) is 0 Å². The fraction of sp³-hybridized carbons (Fsp3) is 0.143. The molecule has 0 aliphatic rings. The number of rotatable bonds is 6. The molecule has 1 aromatic heterocycles. The Hall–Kier alpha value is -2.68. The first-order chi connectivity index (χ1) is 11.1. The zero-order valence-corrected chi connectivity index (χ0v) is 12.8. The number of halogens is 1. The van der Waals surface area contributed by atoms with Crippen molar-refractivity contribution in [3.05, 3.63) is 54.6 Å². The molecule has 7 nitrogen and oxygen atoms in total. The van der Waals surface area contributed by atoms with Crippen LogP contribution in [0.5, 0.6) is 0 Å². The van der Waals surface area contributed by atoms with Gasteiger partial charge in [0, 0.05) is 12.1 Å². The number of hydrogen-bond acceptors (Lipinski definition) is 5. The van der Waals surface area contributed by atoms with E-state index in [0.29, 0.717) is 11.7 Å². The Morgan fingerprint density at radius 2 is 2.04 bits per heavy atom. The van der Waals surface area contributed by atoms with Crippen molar-refractivity contribution in [1.82, 2.24) is 25.6 Å². The summed E-state index contributed by atoms with van der Waals surface area (Å²) in [4.78, 5) is 23.5. The van der Waals surface area contributed by atoms with Crippen molar-refractivity contribution in [1.29, 1.82) is 0 Å². The van der Waals surface area contributed by atoms with Gasteiger partial charge in [-0.3, -0.25) is 20.4 Å². The van der Waals surface area contributed by atoms with Crippen molar-refractivity contribution in [3.8, 4) is 0 Å². The molecule has 0 saturated carbocycles.